The molecule has 0 radical (unpaired) electrons. The molecule has 4 rings (SSSR count). The smallest absolute Gasteiger partial charge is 0.349 e. The number of aliphatic hydroxyl groups is 1. The molecule has 0 spiro atoms. The number of halogens is 3. The zero-order valence-electron chi connectivity index (χ0n) is 19.4. The van der Waals surface area contributed by atoms with Crippen molar-refractivity contribution in [1.82, 2.24) is 0 Å². The van der Waals surface area contributed by atoms with E-state index in [1.807, 2.05) is 0 Å². The van der Waals surface area contributed by atoms with Gasteiger partial charge >= 0.3 is 5.97 Å². The molecular weight excluding hydrogens is 515 g/mol. The Bertz CT molecular complexity index is 1370. The largest absolute Gasteiger partial charge is 0.491 e. The highest BCUT2D eigenvalue weighted by Gasteiger charge is 2.38. The third-order valence-electron chi connectivity index (χ3n) is 5.38. The molecule has 0 saturated heterocycles. The van der Waals surface area contributed by atoms with Crippen LogP contribution in [0.3, 0.4) is 0 Å². The van der Waals surface area contributed by atoms with E-state index in [9.17, 15) is 27.6 Å². The second-order valence-corrected chi connectivity index (χ2v) is 8.59. The van der Waals surface area contributed by atoms with E-state index in [1.165, 1.54) is 17.5 Å². The fourth-order valence-corrected chi connectivity index (χ4v) is 4.68. The third-order valence-corrected chi connectivity index (χ3v) is 6.39. The number of carbonyl (C=O) groups is 3. The van der Waals surface area contributed by atoms with Crippen LogP contribution in [0.15, 0.2) is 35.7 Å². The van der Waals surface area contributed by atoms with Crippen LogP contribution in [-0.4, -0.2) is 42.7 Å². The van der Waals surface area contributed by atoms with Crippen molar-refractivity contribution in [1.29, 1.82) is 0 Å². The van der Waals surface area contributed by atoms with Crippen molar-refractivity contribution in [2.24, 2.45) is 0 Å². The first-order chi connectivity index (χ1) is 17.8. The summed E-state index contributed by atoms with van der Waals surface area (Å²) in [7, 11) is 0. The summed E-state index contributed by atoms with van der Waals surface area (Å²) in [6.45, 7) is 0.612. The molecule has 2 heterocycles. The number of imide groups is 1. The van der Waals surface area contributed by atoms with Gasteiger partial charge in [-0.1, -0.05) is 0 Å². The number of carbonyl (C=O) groups excluding carboxylic acids is 3. The van der Waals surface area contributed by atoms with E-state index in [0.717, 1.165) is 29.5 Å². The van der Waals surface area contributed by atoms with Crippen LogP contribution in [0.25, 0.3) is 0 Å². The van der Waals surface area contributed by atoms with E-state index in [4.69, 9.17) is 19.3 Å². The summed E-state index contributed by atoms with van der Waals surface area (Å²) in [5.74, 6) is -5.78. The lowest BCUT2D eigenvalue weighted by atomic mass is 10.0. The van der Waals surface area contributed by atoms with Crippen LogP contribution in [0.2, 0.25) is 0 Å². The van der Waals surface area contributed by atoms with Crippen molar-refractivity contribution in [2.45, 2.75) is 20.0 Å². The Labute approximate surface area is 212 Å². The Balaban J connectivity index is 1.63. The molecule has 0 unspecified atom stereocenters. The average molecular weight is 535 g/mol. The highest BCUT2D eigenvalue weighted by Crippen LogP contribution is 2.35. The van der Waals surface area contributed by atoms with Crippen LogP contribution in [0.4, 0.5) is 18.9 Å². The van der Waals surface area contributed by atoms with E-state index < -0.39 is 47.5 Å². The number of amides is 2. The number of aliphatic hydroxyl groups excluding tert-OH is 1. The van der Waals surface area contributed by atoms with E-state index in [1.54, 1.807) is 6.92 Å². The molecule has 8 nitrogen and oxygen atoms in total. The molecule has 1 aliphatic heterocycles. The Morgan fingerprint density at radius 3 is 2.59 bits per heavy atom. The zero-order chi connectivity index (χ0) is 26.7. The number of benzene rings is 2. The Morgan fingerprint density at radius 2 is 1.86 bits per heavy atom. The molecular formula is C25H20F3NO7S. The van der Waals surface area contributed by atoms with Crippen molar-refractivity contribution < 1.29 is 46.9 Å². The van der Waals surface area contributed by atoms with Gasteiger partial charge in [-0.3, -0.25) is 9.59 Å². The van der Waals surface area contributed by atoms with Gasteiger partial charge in [-0.25, -0.2) is 22.9 Å². The number of ether oxygens (including phenoxy) is 3. The molecule has 37 heavy (non-hydrogen) atoms. The lowest BCUT2D eigenvalue weighted by Gasteiger charge is -2.26. The molecule has 1 aliphatic rings. The van der Waals surface area contributed by atoms with E-state index in [2.05, 4.69) is 0 Å². The number of hydrogen-bond donors (Lipinski definition) is 1. The third kappa shape index (κ3) is 5.16. The molecule has 1 N–H and O–H groups in total. The van der Waals surface area contributed by atoms with Crippen molar-refractivity contribution >= 4 is 34.8 Å². The molecule has 2 amide bonds. The topological polar surface area (TPSA) is 102 Å². The van der Waals surface area contributed by atoms with Crippen LogP contribution in [0.5, 0.6) is 11.5 Å². The number of thiophene rings is 1. The fourth-order valence-electron chi connectivity index (χ4n) is 3.73. The van der Waals surface area contributed by atoms with E-state index in [-0.39, 0.29) is 53.7 Å². The highest BCUT2D eigenvalue weighted by molar-refractivity contribution is 7.12. The highest BCUT2D eigenvalue weighted by atomic mass is 32.1. The van der Waals surface area contributed by atoms with Crippen molar-refractivity contribution in [3.8, 4) is 11.5 Å². The summed E-state index contributed by atoms with van der Waals surface area (Å²) in [5, 5.41) is 10.5. The minimum Gasteiger partial charge on any atom is -0.491 e. The normalized spacial score (nSPS) is 12.9. The fraction of sp³-hybridized carbons (Fsp3) is 0.240. The predicted octanol–water partition coefficient (Wildman–Crippen LogP) is 4.02. The Hall–Kier alpha value is -3.90. The maximum atomic E-state index is 14.8. The van der Waals surface area contributed by atoms with Crippen LogP contribution < -0.4 is 14.4 Å². The molecule has 0 saturated carbocycles. The van der Waals surface area contributed by atoms with Crippen molar-refractivity contribution in [2.75, 3.05) is 24.7 Å². The van der Waals surface area contributed by atoms with E-state index in [0.29, 0.717) is 10.5 Å². The molecule has 0 fully saturated rings. The van der Waals surface area contributed by atoms with Crippen LogP contribution in [0, 0.1) is 17.5 Å². The quantitative estimate of drug-likeness (QED) is 0.326. The van der Waals surface area contributed by atoms with Gasteiger partial charge in [0.05, 0.1) is 36.4 Å². The molecule has 194 valence electrons. The van der Waals surface area contributed by atoms with Gasteiger partial charge in [-0.15, -0.1) is 11.3 Å². The number of anilines is 1. The van der Waals surface area contributed by atoms with Gasteiger partial charge < -0.3 is 19.3 Å². The molecule has 1 aromatic heterocycles. The number of hydrogen-bond acceptors (Lipinski definition) is 8. The molecule has 3 aromatic rings. The molecule has 2 aromatic carbocycles. The first kappa shape index (κ1) is 26.2. The van der Waals surface area contributed by atoms with Gasteiger partial charge in [-0.2, -0.15) is 0 Å². The summed E-state index contributed by atoms with van der Waals surface area (Å²) in [6.07, 6.45) is -0.248. The number of rotatable bonds is 9. The van der Waals surface area contributed by atoms with Crippen LogP contribution in [-0.2, 0) is 22.6 Å². The van der Waals surface area contributed by atoms with Gasteiger partial charge in [0.2, 0.25) is 5.91 Å². The maximum absolute atomic E-state index is 14.8. The number of nitrogens with zero attached hydrogens (tertiary/aromatic N) is 1. The first-order valence-corrected chi connectivity index (χ1v) is 11.9. The van der Waals surface area contributed by atoms with Crippen molar-refractivity contribution in [3.63, 3.8) is 0 Å². The first-order valence-electron chi connectivity index (χ1n) is 11.0. The number of esters is 1. The van der Waals surface area contributed by atoms with Crippen LogP contribution in [0.1, 0.15) is 38.1 Å². The minimum absolute atomic E-state index is 0.00384. The van der Waals surface area contributed by atoms with Crippen molar-refractivity contribution in [3.05, 3.63) is 74.7 Å². The maximum Gasteiger partial charge on any atom is 0.349 e. The summed E-state index contributed by atoms with van der Waals surface area (Å²) in [6, 6.07) is 5.23. The predicted molar refractivity (Wildman–Crippen MR) is 125 cm³/mol. The minimum atomic E-state index is -1.23. The lowest BCUT2D eigenvalue weighted by molar-refractivity contribution is -0.117. The molecule has 0 aliphatic carbocycles. The molecule has 0 atom stereocenters. The molecule has 12 heteroatoms. The lowest BCUT2D eigenvalue weighted by Crippen LogP contribution is -2.43. The van der Waals surface area contributed by atoms with Gasteiger partial charge in [0.15, 0.2) is 11.6 Å². The number of fused-ring (bicyclic) bond motifs is 1. The Morgan fingerprint density at radius 1 is 1.11 bits per heavy atom. The average Bonchev–Trinajstić information content (AvgIpc) is 3.30. The van der Waals surface area contributed by atoms with E-state index >= 15 is 0 Å². The standard InChI is InChI=1S/C25H20F3NO7S/c1-2-34-25(33)23-21-13(12-37-23)9-20(31)29(24(21)32)18-10-14(3-4-16(18)26)36-11-15-19(35-8-7-30)6-5-17(27)22(15)28/h3-6,10,12,30H,2,7-9,11H2,1H3. The second-order valence-electron chi connectivity index (χ2n) is 7.71. The van der Waals surface area contributed by atoms with Crippen LogP contribution >= 0.6 is 11.3 Å². The summed E-state index contributed by atoms with van der Waals surface area (Å²) in [5.41, 5.74) is -0.424. The SMILES string of the molecule is CCOC(=O)c1scc2c1C(=O)N(c1cc(OCc3c(OCCO)ccc(F)c3F)ccc1F)C(=O)C2. The summed E-state index contributed by atoms with van der Waals surface area (Å²) < 4.78 is 58.7. The summed E-state index contributed by atoms with van der Waals surface area (Å²) in [4.78, 5) is 39.0. The van der Waals surface area contributed by atoms with Gasteiger partial charge in [0, 0.05) is 6.07 Å². The van der Waals surface area contributed by atoms with Gasteiger partial charge in [-0.05, 0) is 42.1 Å². The summed E-state index contributed by atoms with van der Waals surface area (Å²) >= 11 is 0.952. The molecule has 0 bridgehead atoms. The Kier molecular flexibility index (Phi) is 7.79. The van der Waals surface area contributed by atoms with Gasteiger partial charge in [0.1, 0.15) is 35.4 Å². The van der Waals surface area contributed by atoms with Gasteiger partial charge in [0.25, 0.3) is 5.91 Å². The monoisotopic (exact) mass is 535 g/mol. The second kappa shape index (κ2) is 11.0. The zero-order valence-corrected chi connectivity index (χ0v) is 20.2.